The van der Waals surface area contributed by atoms with Crippen molar-refractivity contribution in [1.29, 1.82) is 0 Å². The van der Waals surface area contributed by atoms with Gasteiger partial charge in [-0.15, -0.1) is 0 Å². The van der Waals surface area contributed by atoms with Crippen LogP contribution < -0.4 is 10.5 Å². The van der Waals surface area contributed by atoms with Crippen LogP contribution in [0, 0.1) is 0 Å². The lowest BCUT2D eigenvalue weighted by Crippen LogP contribution is -2.25. The summed E-state index contributed by atoms with van der Waals surface area (Å²) in [5.41, 5.74) is 8.60. The number of methoxy groups -OCH3 is 1. The van der Waals surface area contributed by atoms with Gasteiger partial charge in [0.05, 0.1) is 7.11 Å². The van der Waals surface area contributed by atoms with Crippen molar-refractivity contribution in [2.45, 2.75) is 18.9 Å². The number of nitrogens with two attached hydrogens (primary N) is 1. The van der Waals surface area contributed by atoms with Crippen molar-refractivity contribution < 1.29 is 4.74 Å². The van der Waals surface area contributed by atoms with Crippen molar-refractivity contribution >= 4 is 11.6 Å². The number of rotatable bonds is 5. The maximum absolute atomic E-state index is 6.19. The van der Waals surface area contributed by atoms with Crippen molar-refractivity contribution in [2.75, 3.05) is 7.11 Å². The van der Waals surface area contributed by atoms with Crippen LogP contribution in [-0.2, 0) is 12.8 Å². The summed E-state index contributed by atoms with van der Waals surface area (Å²) in [4.78, 5) is 0. The highest BCUT2D eigenvalue weighted by Crippen LogP contribution is 2.16. The Morgan fingerprint density at radius 3 is 2.42 bits per heavy atom. The molecule has 0 saturated heterocycles. The second-order valence-corrected chi connectivity index (χ2v) is 5.08. The molecule has 100 valence electrons. The van der Waals surface area contributed by atoms with Gasteiger partial charge in [0, 0.05) is 11.1 Å². The molecule has 0 heterocycles. The summed E-state index contributed by atoms with van der Waals surface area (Å²) >= 11 is 5.87. The summed E-state index contributed by atoms with van der Waals surface area (Å²) < 4.78 is 5.21. The van der Waals surface area contributed by atoms with Crippen molar-refractivity contribution in [1.82, 2.24) is 0 Å². The maximum Gasteiger partial charge on any atom is 0.119 e. The van der Waals surface area contributed by atoms with E-state index >= 15 is 0 Å². The Morgan fingerprint density at radius 1 is 1.05 bits per heavy atom. The zero-order valence-electron chi connectivity index (χ0n) is 11.0. The highest BCUT2D eigenvalue weighted by Gasteiger charge is 2.06. The summed E-state index contributed by atoms with van der Waals surface area (Å²) in [7, 11) is 1.67. The van der Waals surface area contributed by atoms with E-state index in [-0.39, 0.29) is 6.04 Å². The molecule has 0 aromatic heterocycles. The smallest absolute Gasteiger partial charge is 0.119 e. The Morgan fingerprint density at radius 2 is 1.74 bits per heavy atom. The molecule has 0 aliphatic carbocycles. The highest BCUT2D eigenvalue weighted by molar-refractivity contribution is 6.30. The molecule has 1 unspecified atom stereocenters. The number of benzene rings is 2. The summed E-state index contributed by atoms with van der Waals surface area (Å²) in [6, 6.07) is 16.0. The van der Waals surface area contributed by atoms with Gasteiger partial charge in [0.15, 0.2) is 0 Å². The maximum atomic E-state index is 6.19. The quantitative estimate of drug-likeness (QED) is 0.907. The Hall–Kier alpha value is -1.51. The van der Waals surface area contributed by atoms with E-state index in [2.05, 4.69) is 6.07 Å². The molecule has 0 radical (unpaired) electrons. The molecule has 2 nitrogen and oxygen atoms in total. The fourth-order valence-electron chi connectivity index (χ4n) is 2.10. The molecule has 0 aliphatic heterocycles. The molecular formula is C16H18ClNO. The van der Waals surface area contributed by atoms with Gasteiger partial charge in [0.1, 0.15) is 5.75 Å². The van der Waals surface area contributed by atoms with Crippen LogP contribution in [-0.4, -0.2) is 13.2 Å². The lowest BCUT2D eigenvalue weighted by atomic mass is 10.00. The normalized spacial score (nSPS) is 12.2. The number of hydrogen-bond donors (Lipinski definition) is 1. The summed E-state index contributed by atoms with van der Waals surface area (Å²) in [5, 5.41) is 0.755. The molecule has 2 rings (SSSR count). The van der Waals surface area contributed by atoms with Crippen LogP contribution in [0.5, 0.6) is 5.75 Å². The predicted octanol–water partition coefficient (Wildman–Crippen LogP) is 3.46. The lowest BCUT2D eigenvalue weighted by molar-refractivity contribution is 0.414. The minimum absolute atomic E-state index is 0.0910. The summed E-state index contributed by atoms with van der Waals surface area (Å²) in [5.74, 6) is 0.871. The first-order valence-corrected chi connectivity index (χ1v) is 6.68. The predicted molar refractivity (Wildman–Crippen MR) is 79.8 cm³/mol. The van der Waals surface area contributed by atoms with Crippen LogP contribution in [0.3, 0.4) is 0 Å². The van der Waals surface area contributed by atoms with Crippen LogP contribution in [0.25, 0.3) is 0 Å². The average Bonchev–Trinajstić information content (AvgIpc) is 2.41. The third-order valence-electron chi connectivity index (χ3n) is 3.04. The molecule has 3 heteroatoms. The standard InChI is InChI=1S/C16H18ClNO/c1-19-16-4-2-3-13(11-16)10-15(18)9-12-5-7-14(17)8-6-12/h2-8,11,15H,9-10,18H2,1H3. The van der Waals surface area contributed by atoms with Crippen LogP contribution in [0.2, 0.25) is 5.02 Å². The average molecular weight is 276 g/mol. The Kier molecular flexibility index (Phi) is 4.83. The van der Waals surface area contributed by atoms with Crippen LogP contribution in [0.4, 0.5) is 0 Å². The highest BCUT2D eigenvalue weighted by atomic mass is 35.5. The van der Waals surface area contributed by atoms with Gasteiger partial charge in [-0.3, -0.25) is 0 Å². The van der Waals surface area contributed by atoms with Crippen LogP contribution in [0.1, 0.15) is 11.1 Å². The minimum atomic E-state index is 0.0910. The molecule has 0 aliphatic rings. The van der Waals surface area contributed by atoms with E-state index in [0.717, 1.165) is 23.6 Å². The summed E-state index contributed by atoms with van der Waals surface area (Å²) in [6.07, 6.45) is 1.67. The van der Waals surface area contributed by atoms with E-state index in [1.165, 1.54) is 11.1 Å². The van der Waals surface area contributed by atoms with E-state index in [1.807, 2.05) is 42.5 Å². The second-order valence-electron chi connectivity index (χ2n) is 4.65. The fraction of sp³-hybridized carbons (Fsp3) is 0.250. The molecule has 1 atom stereocenters. The van der Waals surface area contributed by atoms with Gasteiger partial charge >= 0.3 is 0 Å². The molecule has 2 aromatic carbocycles. The zero-order chi connectivity index (χ0) is 13.7. The van der Waals surface area contributed by atoms with Gasteiger partial charge < -0.3 is 10.5 Å². The molecule has 2 aromatic rings. The molecule has 0 bridgehead atoms. The van der Waals surface area contributed by atoms with Gasteiger partial charge in [-0.1, -0.05) is 35.9 Å². The largest absolute Gasteiger partial charge is 0.497 e. The van der Waals surface area contributed by atoms with Crippen LogP contribution >= 0.6 is 11.6 Å². The molecule has 0 fully saturated rings. The first kappa shape index (κ1) is 13.9. The van der Waals surface area contributed by atoms with E-state index in [9.17, 15) is 0 Å². The van der Waals surface area contributed by atoms with Gasteiger partial charge in [-0.05, 0) is 48.2 Å². The van der Waals surface area contributed by atoms with Gasteiger partial charge in [-0.25, -0.2) is 0 Å². The zero-order valence-corrected chi connectivity index (χ0v) is 11.7. The molecule has 0 spiro atoms. The molecule has 2 N–H and O–H groups in total. The molecule has 0 saturated carbocycles. The Labute approximate surface area is 119 Å². The van der Waals surface area contributed by atoms with Crippen molar-refractivity contribution in [3.8, 4) is 5.75 Å². The third-order valence-corrected chi connectivity index (χ3v) is 3.30. The number of hydrogen-bond acceptors (Lipinski definition) is 2. The lowest BCUT2D eigenvalue weighted by Gasteiger charge is -2.12. The van der Waals surface area contributed by atoms with E-state index in [4.69, 9.17) is 22.1 Å². The first-order chi connectivity index (χ1) is 9.17. The van der Waals surface area contributed by atoms with Crippen molar-refractivity contribution in [3.63, 3.8) is 0 Å². The summed E-state index contributed by atoms with van der Waals surface area (Å²) in [6.45, 7) is 0. The monoisotopic (exact) mass is 275 g/mol. The van der Waals surface area contributed by atoms with Crippen molar-refractivity contribution in [3.05, 3.63) is 64.7 Å². The third kappa shape index (κ3) is 4.27. The van der Waals surface area contributed by atoms with E-state index in [0.29, 0.717) is 0 Å². The van der Waals surface area contributed by atoms with Crippen LogP contribution in [0.15, 0.2) is 48.5 Å². The van der Waals surface area contributed by atoms with E-state index < -0.39 is 0 Å². The van der Waals surface area contributed by atoms with Gasteiger partial charge in [-0.2, -0.15) is 0 Å². The van der Waals surface area contributed by atoms with E-state index in [1.54, 1.807) is 7.11 Å². The second kappa shape index (κ2) is 6.60. The number of ether oxygens (including phenoxy) is 1. The van der Waals surface area contributed by atoms with Gasteiger partial charge in [0.2, 0.25) is 0 Å². The SMILES string of the molecule is COc1cccc(CC(N)Cc2ccc(Cl)cc2)c1. The topological polar surface area (TPSA) is 35.2 Å². The number of halogens is 1. The molecular weight excluding hydrogens is 258 g/mol. The minimum Gasteiger partial charge on any atom is -0.497 e. The fourth-order valence-corrected chi connectivity index (χ4v) is 2.22. The van der Waals surface area contributed by atoms with Gasteiger partial charge in [0.25, 0.3) is 0 Å². The molecule has 0 amide bonds. The first-order valence-electron chi connectivity index (χ1n) is 6.30. The van der Waals surface area contributed by atoms with Crippen molar-refractivity contribution in [2.24, 2.45) is 5.73 Å². The Bertz CT molecular complexity index is 525. The molecule has 19 heavy (non-hydrogen) atoms. The Balaban J connectivity index is 1.96.